The van der Waals surface area contributed by atoms with Crippen molar-refractivity contribution in [1.29, 1.82) is 0 Å². The summed E-state index contributed by atoms with van der Waals surface area (Å²) >= 11 is 0. The molecule has 6 heteroatoms. The van der Waals surface area contributed by atoms with Crippen molar-refractivity contribution in [2.45, 2.75) is 46.5 Å². The van der Waals surface area contributed by atoms with Gasteiger partial charge < -0.3 is 5.11 Å². The number of carbonyl (C=O) groups is 1. The Kier molecular flexibility index (Phi) is 8.18. The number of sulfonamides is 1. The highest BCUT2D eigenvalue weighted by atomic mass is 32.2. The van der Waals surface area contributed by atoms with E-state index in [9.17, 15) is 13.2 Å². The number of hydrogen-bond acceptors (Lipinski definition) is 3. The van der Waals surface area contributed by atoms with Gasteiger partial charge in [-0.15, -0.1) is 0 Å². The number of rotatable bonds is 10. The van der Waals surface area contributed by atoms with Gasteiger partial charge in [-0.2, -0.15) is 0 Å². The second kappa shape index (κ2) is 8.48. The van der Waals surface area contributed by atoms with E-state index < -0.39 is 16.0 Å². The lowest BCUT2D eigenvalue weighted by molar-refractivity contribution is -0.138. The predicted octanol–water partition coefficient (Wildman–Crippen LogP) is 1.84. The van der Waals surface area contributed by atoms with Gasteiger partial charge in [0.1, 0.15) is 0 Å². The van der Waals surface area contributed by atoms with Crippen LogP contribution >= 0.6 is 0 Å². The highest BCUT2D eigenvalue weighted by molar-refractivity contribution is 7.89. The molecule has 0 aromatic heterocycles. The fourth-order valence-corrected chi connectivity index (χ4v) is 3.11. The first kappa shape index (κ1) is 17.4. The zero-order valence-corrected chi connectivity index (χ0v) is 12.3. The summed E-state index contributed by atoms with van der Waals surface area (Å²) in [4.78, 5) is 10.7. The van der Waals surface area contributed by atoms with E-state index in [1.165, 1.54) is 0 Å². The van der Waals surface area contributed by atoms with Crippen molar-refractivity contribution in [3.63, 3.8) is 0 Å². The number of unbranched alkanes of at least 4 members (excludes halogenated alkanes) is 1. The summed E-state index contributed by atoms with van der Waals surface area (Å²) in [5.41, 5.74) is 0. The Morgan fingerprint density at radius 3 is 2.39 bits per heavy atom. The van der Waals surface area contributed by atoms with Crippen LogP contribution < -0.4 is 4.72 Å². The van der Waals surface area contributed by atoms with Crippen LogP contribution in [0.1, 0.15) is 46.5 Å². The molecule has 0 unspecified atom stereocenters. The van der Waals surface area contributed by atoms with Crippen LogP contribution in [0.3, 0.4) is 0 Å². The van der Waals surface area contributed by atoms with Gasteiger partial charge in [-0.1, -0.05) is 27.2 Å². The van der Waals surface area contributed by atoms with Crippen molar-refractivity contribution in [1.82, 2.24) is 4.72 Å². The Morgan fingerprint density at radius 2 is 1.94 bits per heavy atom. The molecule has 2 N–H and O–H groups in total. The van der Waals surface area contributed by atoms with Crippen molar-refractivity contribution in [2.24, 2.45) is 11.8 Å². The molecular weight excluding hydrogens is 254 g/mol. The van der Waals surface area contributed by atoms with Crippen molar-refractivity contribution in [2.75, 3.05) is 12.3 Å². The van der Waals surface area contributed by atoms with E-state index >= 15 is 0 Å². The SMILES string of the molecule is CCCCS(=O)(=O)NC[C@H](CC(=O)O)CC(C)C. The van der Waals surface area contributed by atoms with Crippen LogP contribution in [0.4, 0.5) is 0 Å². The fraction of sp³-hybridized carbons (Fsp3) is 0.917. The first-order valence-corrected chi connectivity index (χ1v) is 8.11. The summed E-state index contributed by atoms with van der Waals surface area (Å²) in [5, 5.41) is 8.79. The minimum absolute atomic E-state index is 0.00841. The van der Waals surface area contributed by atoms with E-state index in [1.807, 2.05) is 20.8 Å². The lowest BCUT2D eigenvalue weighted by atomic mass is 9.94. The van der Waals surface area contributed by atoms with Gasteiger partial charge in [0.2, 0.25) is 10.0 Å². The van der Waals surface area contributed by atoms with Crippen LogP contribution in [0.15, 0.2) is 0 Å². The predicted molar refractivity (Wildman–Crippen MR) is 71.9 cm³/mol. The first-order chi connectivity index (χ1) is 8.26. The quantitative estimate of drug-likeness (QED) is 0.639. The highest BCUT2D eigenvalue weighted by Crippen LogP contribution is 2.15. The molecule has 0 bridgehead atoms. The molecule has 18 heavy (non-hydrogen) atoms. The minimum atomic E-state index is -3.25. The molecule has 0 aromatic rings. The van der Waals surface area contributed by atoms with Crippen molar-refractivity contribution < 1.29 is 18.3 Å². The van der Waals surface area contributed by atoms with E-state index in [0.29, 0.717) is 18.8 Å². The molecular formula is C12H25NO4S. The molecule has 0 aliphatic heterocycles. The Bertz CT molecular complexity index is 338. The third-order valence-electron chi connectivity index (χ3n) is 2.63. The van der Waals surface area contributed by atoms with Gasteiger partial charge in [-0.05, 0) is 24.7 Å². The van der Waals surface area contributed by atoms with Crippen LogP contribution in [0.2, 0.25) is 0 Å². The van der Waals surface area contributed by atoms with Crippen LogP contribution in [-0.4, -0.2) is 31.8 Å². The monoisotopic (exact) mass is 279 g/mol. The van der Waals surface area contributed by atoms with Crippen molar-refractivity contribution in [3.05, 3.63) is 0 Å². The molecule has 0 saturated heterocycles. The van der Waals surface area contributed by atoms with Crippen LogP contribution in [-0.2, 0) is 14.8 Å². The van der Waals surface area contributed by atoms with Gasteiger partial charge >= 0.3 is 5.97 Å². The molecule has 1 atom stereocenters. The highest BCUT2D eigenvalue weighted by Gasteiger charge is 2.18. The Balaban J connectivity index is 4.28. The Morgan fingerprint density at radius 1 is 1.33 bits per heavy atom. The summed E-state index contributed by atoms with van der Waals surface area (Å²) in [6.45, 7) is 6.15. The molecule has 0 radical (unpaired) electrons. The first-order valence-electron chi connectivity index (χ1n) is 6.46. The average molecular weight is 279 g/mol. The maximum atomic E-state index is 11.6. The largest absolute Gasteiger partial charge is 0.481 e. The molecule has 5 nitrogen and oxygen atoms in total. The maximum Gasteiger partial charge on any atom is 0.303 e. The molecule has 0 rings (SSSR count). The number of carboxylic acid groups (broad SMARTS) is 1. The third kappa shape index (κ3) is 9.41. The van der Waals surface area contributed by atoms with E-state index in [4.69, 9.17) is 5.11 Å². The maximum absolute atomic E-state index is 11.6. The summed E-state index contributed by atoms with van der Waals surface area (Å²) in [5.74, 6) is -0.549. The number of hydrogen-bond donors (Lipinski definition) is 2. The molecule has 0 heterocycles. The molecule has 0 saturated carbocycles. The average Bonchev–Trinajstić information content (AvgIpc) is 2.22. The van der Waals surface area contributed by atoms with Crippen molar-refractivity contribution >= 4 is 16.0 Å². The Hall–Kier alpha value is -0.620. The van der Waals surface area contributed by atoms with Crippen molar-refractivity contribution in [3.8, 4) is 0 Å². The zero-order valence-electron chi connectivity index (χ0n) is 11.5. The van der Waals surface area contributed by atoms with Gasteiger partial charge in [0.15, 0.2) is 0 Å². The van der Waals surface area contributed by atoms with Crippen LogP contribution in [0, 0.1) is 11.8 Å². The van der Waals surface area contributed by atoms with Gasteiger partial charge in [0.25, 0.3) is 0 Å². The van der Waals surface area contributed by atoms with E-state index in [-0.39, 0.29) is 24.6 Å². The van der Waals surface area contributed by atoms with E-state index in [2.05, 4.69) is 4.72 Å². The fourth-order valence-electron chi connectivity index (χ4n) is 1.80. The summed E-state index contributed by atoms with van der Waals surface area (Å²) in [7, 11) is -3.25. The summed E-state index contributed by atoms with van der Waals surface area (Å²) < 4.78 is 25.7. The summed E-state index contributed by atoms with van der Waals surface area (Å²) in [6.07, 6.45) is 2.17. The van der Waals surface area contributed by atoms with Gasteiger partial charge in [0, 0.05) is 13.0 Å². The lowest BCUT2D eigenvalue weighted by Gasteiger charge is -2.17. The summed E-state index contributed by atoms with van der Waals surface area (Å²) in [6, 6.07) is 0. The normalized spacial score (nSPS) is 13.8. The second-order valence-electron chi connectivity index (χ2n) is 5.11. The number of aliphatic carboxylic acids is 1. The number of nitrogens with one attached hydrogen (secondary N) is 1. The molecule has 0 amide bonds. The standard InChI is InChI=1S/C12H25NO4S/c1-4-5-6-18(16,17)13-9-11(7-10(2)3)8-12(14)15/h10-11,13H,4-9H2,1-3H3,(H,14,15)/t11-/m0/s1. The smallest absolute Gasteiger partial charge is 0.303 e. The van der Waals surface area contributed by atoms with Gasteiger partial charge in [0.05, 0.1) is 5.75 Å². The second-order valence-corrected chi connectivity index (χ2v) is 7.04. The Labute approximate surface area is 110 Å². The van der Waals surface area contributed by atoms with E-state index in [0.717, 1.165) is 6.42 Å². The molecule has 0 aromatic carbocycles. The third-order valence-corrected chi connectivity index (χ3v) is 4.06. The molecule has 0 aliphatic rings. The number of carboxylic acids is 1. The van der Waals surface area contributed by atoms with E-state index in [1.54, 1.807) is 0 Å². The molecule has 108 valence electrons. The molecule has 0 aliphatic carbocycles. The molecule has 0 spiro atoms. The molecule has 0 fully saturated rings. The van der Waals surface area contributed by atoms with Gasteiger partial charge in [-0.3, -0.25) is 4.79 Å². The van der Waals surface area contributed by atoms with Crippen LogP contribution in [0.5, 0.6) is 0 Å². The zero-order chi connectivity index (χ0) is 14.2. The lowest BCUT2D eigenvalue weighted by Crippen LogP contribution is -2.32. The van der Waals surface area contributed by atoms with Crippen LogP contribution in [0.25, 0.3) is 0 Å². The topological polar surface area (TPSA) is 83.5 Å². The van der Waals surface area contributed by atoms with Gasteiger partial charge in [-0.25, -0.2) is 13.1 Å². The minimum Gasteiger partial charge on any atom is -0.481 e.